The number of nitrogens with one attached hydrogen (secondary N) is 4. The smallest absolute Gasteiger partial charge is 0.382 e. The van der Waals surface area contributed by atoms with Gasteiger partial charge in [-0.15, -0.1) is 45.3 Å². The SMILES string of the molecule is FC(F)(F)Cc1cc2c(N3CC[C@@]4(CC[C@@H](Nc5ccccc5)C4)C3)ncnc2s1.FC(F)(F)Cc1cc2c(N3CC[C@@]4(CC[C@H](Nc5ccccc5)C4)C3)ncnc2s1.FC(F)(F)Cc1cc2c(N3CC[C@]4(CC[C@@H](Nc5ccccc5)C4)C3)ncnc2s1.FC(F)(F)Cc1cc2c(N3CC[C@]4(CC[C@H](Nc5ccccc5)C4)C3)ncnc2s1. The van der Waals surface area contributed by atoms with E-state index in [0.717, 1.165) is 268 Å². The third kappa shape index (κ3) is 20.0. The quantitative estimate of drug-likeness (QED) is 0.0675. The number of anilines is 8. The molecule has 16 nitrogen and oxygen atoms in total. The van der Waals surface area contributed by atoms with Crippen LogP contribution < -0.4 is 40.9 Å². The number of fused-ring (bicyclic) bond motifs is 4. The molecule has 4 saturated heterocycles. The predicted molar refractivity (Wildman–Crippen MR) is 457 cm³/mol. The predicted octanol–water partition coefficient (Wildman–Crippen LogP) is 22.6. The number of hydrogen-bond acceptors (Lipinski definition) is 20. The van der Waals surface area contributed by atoms with E-state index < -0.39 is 50.4 Å². The molecule has 8 aliphatic rings. The van der Waals surface area contributed by atoms with Gasteiger partial charge in [-0.3, -0.25) is 0 Å². The summed E-state index contributed by atoms with van der Waals surface area (Å²) in [6.45, 7) is 7.13. The number of alkyl halides is 12. The molecule has 12 aromatic rings. The van der Waals surface area contributed by atoms with Crippen LogP contribution in [0.3, 0.4) is 0 Å². The summed E-state index contributed by atoms with van der Waals surface area (Å²) in [6, 6.07) is 49.5. The van der Waals surface area contributed by atoms with Crippen molar-refractivity contribution in [1.29, 1.82) is 0 Å². The van der Waals surface area contributed by atoms with Crippen molar-refractivity contribution < 1.29 is 52.7 Å². The monoisotopic (exact) mass is 1730 g/mol. The van der Waals surface area contributed by atoms with Crippen molar-refractivity contribution in [3.8, 4) is 0 Å². The number of thiophene rings is 4. The zero-order chi connectivity index (χ0) is 83.1. The van der Waals surface area contributed by atoms with Crippen LogP contribution in [-0.2, 0) is 25.7 Å². The molecule has 120 heavy (non-hydrogen) atoms. The highest BCUT2D eigenvalue weighted by Crippen LogP contribution is 2.53. The molecule has 4 N–H and O–H groups in total. The van der Waals surface area contributed by atoms with Crippen LogP contribution in [0.25, 0.3) is 40.9 Å². The Labute approximate surface area is 703 Å². The van der Waals surface area contributed by atoms with Gasteiger partial charge in [-0.25, -0.2) is 39.9 Å². The van der Waals surface area contributed by atoms with E-state index in [-0.39, 0.29) is 21.7 Å². The van der Waals surface area contributed by atoms with Crippen molar-refractivity contribution in [2.24, 2.45) is 21.7 Å². The molecule has 0 radical (unpaired) electrons. The fraction of sp³-hybridized carbons (Fsp3) is 0.455. The van der Waals surface area contributed by atoms with Crippen LogP contribution in [0.15, 0.2) is 171 Å². The molecule has 32 heteroatoms. The Kier molecular flexibility index (Phi) is 23.6. The maximum absolute atomic E-state index is 12.8. The second-order valence-electron chi connectivity index (χ2n) is 34.2. The normalized spacial score (nSPS) is 24.2. The zero-order valence-electron chi connectivity index (χ0n) is 65.8. The maximum atomic E-state index is 12.8. The Bertz CT molecular complexity index is 4810. The van der Waals surface area contributed by atoms with E-state index >= 15 is 0 Å². The number of hydrogen-bond donors (Lipinski definition) is 4. The average molecular weight is 1730 g/mol. The molecule has 12 heterocycles. The van der Waals surface area contributed by atoms with Crippen molar-refractivity contribution in [2.45, 2.75) is 177 Å². The van der Waals surface area contributed by atoms with Gasteiger partial charge in [0.1, 0.15) is 67.9 Å². The highest BCUT2D eigenvalue weighted by atomic mass is 32.1. The molecule has 0 unspecified atom stereocenters. The summed E-state index contributed by atoms with van der Waals surface area (Å²) in [5.41, 5.74) is 5.60. The largest absolute Gasteiger partial charge is 0.393 e. The molecule has 0 amide bonds. The van der Waals surface area contributed by atoms with Crippen LogP contribution in [-0.4, -0.2) is 141 Å². The lowest BCUT2D eigenvalue weighted by molar-refractivity contribution is -0.127. The summed E-state index contributed by atoms with van der Waals surface area (Å²) in [7, 11) is 0. The summed E-state index contributed by atoms with van der Waals surface area (Å²) in [5.74, 6) is 3.11. The first-order chi connectivity index (χ1) is 57.6. The average Bonchev–Trinajstić information content (AvgIpc) is 1.63. The van der Waals surface area contributed by atoms with Gasteiger partial charge >= 0.3 is 24.7 Å². The van der Waals surface area contributed by atoms with Crippen molar-refractivity contribution in [2.75, 3.05) is 93.2 Å². The summed E-state index contributed by atoms with van der Waals surface area (Å²) in [4.78, 5) is 47.4. The van der Waals surface area contributed by atoms with Gasteiger partial charge in [0.05, 0.1) is 47.2 Å². The van der Waals surface area contributed by atoms with Crippen molar-refractivity contribution in [1.82, 2.24) is 39.9 Å². The first kappa shape index (κ1) is 82.9. The summed E-state index contributed by atoms with van der Waals surface area (Å²) in [5, 5.41) is 17.6. The molecule has 4 aromatic carbocycles. The van der Waals surface area contributed by atoms with Crippen molar-refractivity contribution >= 4 is 132 Å². The summed E-state index contributed by atoms with van der Waals surface area (Å²) in [6.07, 6.45) is 3.36. The first-order valence-corrected chi connectivity index (χ1v) is 44.3. The van der Waals surface area contributed by atoms with Gasteiger partial charge in [-0.05, 0) is 197 Å². The molecule has 4 aliphatic heterocycles. The van der Waals surface area contributed by atoms with Crippen molar-refractivity contribution in [3.05, 3.63) is 190 Å². The Morgan fingerprint density at radius 2 is 0.500 bits per heavy atom. The lowest BCUT2D eigenvalue weighted by atomic mass is 9.85. The maximum Gasteiger partial charge on any atom is 0.393 e. The number of para-hydroxylation sites is 4. The Balaban J connectivity index is 0.000000114. The molecule has 8 atom stereocenters. The minimum atomic E-state index is -4.21. The minimum absolute atomic E-state index is 0.245. The van der Waals surface area contributed by atoms with Gasteiger partial charge in [-0.2, -0.15) is 52.7 Å². The molecule has 8 aromatic heterocycles. The van der Waals surface area contributed by atoms with Gasteiger partial charge < -0.3 is 40.9 Å². The van der Waals surface area contributed by atoms with E-state index in [4.69, 9.17) is 0 Å². The van der Waals surface area contributed by atoms with E-state index in [9.17, 15) is 52.7 Å². The Morgan fingerprint density at radius 3 is 0.700 bits per heavy atom. The first-order valence-electron chi connectivity index (χ1n) is 41.0. The molecule has 0 bridgehead atoms. The third-order valence-corrected chi connectivity index (χ3v) is 29.4. The minimum Gasteiger partial charge on any atom is -0.382 e. The van der Waals surface area contributed by atoms with Crippen LogP contribution in [0.4, 0.5) is 98.7 Å². The van der Waals surface area contributed by atoms with Crippen LogP contribution in [0.1, 0.15) is 122 Å². The Hall–Kier alpha value is -9.40. The fourth-order valence-corrected chi connectivity index (χ4v) is 24.2. The number of benzene rings is 4. The van der Waals surface area contributed by atoms with Crippen molar-refractivity contribution in [3.63, 3.8) is 0 Å². The standard InChI is InChI=1S/4C22H23F3N4S/c4*23-22(24,25)12-17-10-18-19(26-14-27-20(18)30-17)29-9-8-21(13-29)7-6-16(11-21)28-15-4-2-1-3-5-15/h4*1-5,10,14,16,28H,6-9,11-13H2/t2*16-,21+;2*16-,21-/m1010/s1. The molecule has 4 aliphatic carbocycles. The molecule has 8 fully saturated rings. The molecular formula is C88H92F12N16S4. The number of aromatic nitrogens is 8. The highest BCUT2D eigenvalue weighted by molar-refractivity contribution is 7.19. The molecule has 4 spiro atoms. The fourth-order valence-electron chi connectivity index (χ4n) is 20.1. The molecule has 20 rings (SSSR count). The van der Waals surface area contributed by atoms with E-state index in [1.807, 2.05) is 72.8 Å². The number of rotatable bonds is 16. The van der Waals surface area contributed by atoms with Gasteiger partial charge in [-0.1, -0.05) is 72.8 Å². The second kappa shape index (κ2) is 34.1. The molecule has 4 saturated carbocycles. The van der Waals surface area contributed by atoms with Crippen LogP contribution in [0, 0.1) is 21.7 Å². The molecular weight excluding hydrogens is 1640 g/mol. The lowest BCUT2D eigenvalue weighted by Crippen LogP contribution is -2.27. The zero-order valence-corrected chi connectivity index (χ0v) is 69.1. The van der Waals surface area contributed by atoms with Crippen LogP contribution in [0.5, 0.6) is 0 Å². The Morgan fingerprint density at radius 1 is 0.292 bits per heavy atom. The van der Waals surface area contributed by atoms with Gasteiger partial charge in [0.2, 0.25) is 0 Å². The topological polar surface area (TPSA) is 164 Å². The van der Waals surface area contributed by atoms with E-state index in [0.29, 0.717) is 63.0 Å². The lowest BCUT2D eigenvalue weighted by Gasteiger charge is -2.25. The van der Waals surface area contributed by atoms with Gasteiger partial charge in [0.25, 0.3) is 0 Å². The van der Waals surface area contributed by atoms with E-state index in [1.54, 1.807) is 24.3 Å². The summed E-state index contributed by atoms with van der Waals surface area (Å²) < 4.78 is 154. The number of nitrogens with zero attached hydrogens (tertiary/aromatic N) is 12. The number of halogens is 12. The molecule has 632 valence electrons. The van der Waals surface area contributed by atoms with E-state index in [1.165, 1.54) is 25.3 Å². The van der Waals surface area contributed by atoms with Gasteiger partial charge in [0, 0.05) is 119 Å². The summed E-state index contributed by atoms with van der Waals surface area (Å²) >= 11 is 4.46. The third-order valence-electron chi connectivity index (χ3n) is 25.3. The van der Waals surface area contributed by atoms with Crippen LogP contribution in [0.2, 0.25) is 0 Å². The van der Waals surface area contributed by atoms with Gasteiger partial charge in [0.15, 0.2) is 0 Å². The van der Waals surface area contributed by atoms with Crippen LogP contribution >= 0.6 is 45.3 Å². The second-order valence-corrected chi connectivity index (χ2v) is 38.6. The van der Waals surface area contributed by atoms with E-state index in [2.05, 4.69) is 129 Å². The highest BCUT2D eigenvalue weighted by Gasteiger charge is 2.50.